The number of phenols is 1. The number of carbonyl (C=O) groups is 1. The minimum atomic E-state index is -0.132. The van der Waals surface area contributed by atoms with Gasteiger partial charge in [0.15, 0.2) is 11.5 Å². The molecule has 1 aromatic carbocycles. The topological polar surface area (TPSA) is 66.2 Å². The predicted molar refractivity (Wildman–Crippen MR) is 123 cm³/mol. The second-order valence-corrected chi connectivity index (χ2v) is 10.8. The molecule has 2 saturated carbocycles. The van der Waals surface area contributed by atoms with Gasteiger partial charge in [0.05, 0.1) is 24.0 Å². The largest absolute Gasteiger partial charge is 0.504 e. The molecule has 1 N–H and O–H groups in total. The number of furan rings is 1. The maximum atomic E-state index is 13.1. The van der Waals surface area contributed by atoms with Crippen LogP contribution in [-0.2, 0) is 16.6 Å². The Kier molecular flexibility index (Phi) is 4.12. The molecule has 6 nitrogen and oxygen atoms in total. The highest BCUT2D eigenvalue weighted by molar-refractivity contribution is 5.91. The molecule has 5 aliphatic rings. The highest BCUT2D eigenvalue weighted by atomic mass is 16.5. The summed E-state index contributed by atoms with van der Waals surface area (Å²) in [6, 6.07) is 6.26. The van der Waals surface area contributed by atoms with Crippen LogP contribution in [0.5, 0.6) is 11.5 Å². The molecule has 172 valence electrons. The molecule has 33 heavy (non-hydrogen) atoms. The molecule has 2 aromatic rings. The van der Waals surface area contributed by atoms with Gasteiger partial charge in [-0.05, 0) is 67.7 Å². The van der Waals surface area contributed by atoms with Gasteiger partial charge in [-0.25, -0.2) is 0 Å². The van der Waals surface area contributed by atoms with E-state index in [9.17, 15) is 9.90 Å². The second-order valence-electron chi connectivity index (χ2n) is 10.8. The normalized spacial score (nSPS) is 33.8. The van der Waals surface area contributed by atoms with Gasteiger partial charge >= 0.3 is 0 Å². The number of nitrogens with zero attached hydrogens (tertiary/aromatic N) is 2. The van der Waals surface area contributed by atoms with Crippen LogP contribution < -0.4 is 4.74 Å². The first-order chi connectivity index (χ1) is 16.1. The van der Waals surface area contributed by atoms with E-state index in [0.29, 0.717) is 17.7 Å². The van der Waals surface area contributed by atoms with E-state index in [1.807, 2.05) is 18.0 Å². The van der Waals surface area contributed by atoms with E-state index < -0.39 is 0 Å². The molecular weight excluding hydrogens is 416 g/mol. The van der Waals surface area contributed by atoms with E-state index >= 15 is 0 Å². The molecule has 3 heterocycles. The van der Waals surface area contributed by atoms with Crippen LogP contribution in [0.4, 0.5) is 0 Å². The Labute approximate surface area is 193 Å². The maximum Gasteiger partial charge on any atom is 0.246 e. The average molecular weight is 447 g/mol. The number of rotatable bonds is 5. The molecule has 5 atom stereocenters. The predicted octanol–water partition coefficient (Wildman–Crippen LogP) is 3.58. The van der Waals surface area contributed by atoms with Crippen molar-refractivity contribution >= 4 is 12.0 Å². The molecule has 0 radical (unpaired) electrons. The molecule has 3 aliphatic carbocycles. The Morgan fingerprint density at radius 2 is 2.15 bits per heavy atom. The van der Waals surface area contributed by atoms with Crippen LogP contribution in [0.15, 0.2) is 41.2 Å². The van der Waals surface area contributed by atoms with Crippen molar-refractivity contribution in [2.75, 3.05) is 20.1 Å². The quantitative estimate of drug-likeness (QED) is 0.711. The van der Waals surface area contributed by atoms with Crippen LogP contribution in [0.3, 0.4) is 0 Å². The molecule has 1 amide bonds. The van der Waals surface area contributed by atoms with Crippen molar-refractivity contribution < 1.29 is 19.1 Å². The summed E-state index contributed by atoms with van der Waals surface area (Å²) < 4.78 is 11.8. The Hall–Kier alpha value is -2.73. The average Bonchev–Trinajstić information content (AvgIpc) is 3.25. The van der Waals surface area contributed by atoms with Gasteiger partial charge < -0.3 is 19.2 Å². The van der Waals surface area contributed by atoms with Gasteiger partial charge in [0, 0.05) is 43.4 Å². The first-order valence-corrected chi connectivity index (χ1v) is 12.3. The van der Waals surface area contributed by atoms with Gasteiger partial charge in [0.25, 0.3) is 0 Å². The van der Waals surface area contributed by atoms with E-state index in [2.05, 4.69) is 11.0 Å². The van der Waals surface area contributed by atoms with Gasteiger partial charge in [-0.2, -0.15) is 0 Å². The van der Waals surface area contributed by atoms with Gasteiger partial charge in [-0.3, -0.25) is 9.69 Å². The summed E-state index contributed by atoms with van der Waals surface area (Å²) in [6.45, 7) is 2.16. The van der Waals surface area contributed by atoms with Crippen molar-refractivity contribution in [1.82, 2.24) is 9.80 Å². The van der Waals surface area contributed by atoms with Gasteiger partial charge in [0.2, 0.25) is 5.91 Å². The number of likely N-dealkylation sites (tertiary alicyclic amines) is 1. The van der Waals surface area contributed by atoms with E-state index in [0.717, 1.165) is 37.3 Å². The fourth-order valence-electron chi connectivity index (χ4n) is 7.44. The lowest BCUT2D eigenvalue weighted by molar-refractivity contribution is -0.131. The third-order valence-corrected chi connectivity index (χ3v) is 9.05. The standard InChI is InChI=1S/C27H30N2O4/c1-28(23(31)9-4-17-10-11-32-14-17)20-7-6-19-21-12-18-5-8-22(30)25-24(18)27(19,26(20)33-25)15-29(21)13-16-2-3-16/h4-5,8-11,14,16,19-21,26,30H,2-3,6-7,12-13,15H2,1H3/b9-4+/t19?,20-,21-,26+,27+/m1/s1. The summed E-state index contributed by atoms with van der Waals surface area (Å²) >= 11 is 0. The van der Waals surface area contributed by atoms with Crippen molar-refractivity contribution in [2.45, 2.75) is 55.7 Å². The summed E-state index contributed by atoms with van der Waals surface area (Å²) in [5.74, 6) is 2.25. The summed E-state index contributed by atoms with van der Waals surface area (Å²) in [4.78, 5) is 17.7. The lowest BCUT2D eigenvalue weighted by atomic mass is 9.56. The number of hydrogen-bond acceptors (Lipinski definition) is 5. The Balaban J connectivity index is 1.25. The van der Waals surface area contributed by atoms with E-state index in [1.165, 1.54) is 30.5 Å². The maximum absolute atomic E-state index is 13.1. The van der Waals surface area contributed by atoms with Crippen LogP contribution in [0.25, 0.3) is 6.08 Å². The third kappa shape index (κ3) is 2.73. The molecule has 7 rings (SSSR count). The Morgan fingerprint density at radius 3 is 2.94 bits per heavy atom. The number of ether oxygens (including phenoxy) is 1. The number of carbonyl (C=O) groups excluding carboxylic acids is 1. The van der Waals surface area contributed by atoms with Crippen LogP contribution in [-0.4, -0.2) is 59.1 Å². The summed E-state index contributed by atoms with van der Waals surface area (Å²) in [6.07, 6.45) is 12.3. The fraction of sp³-hybridized carbons (Fsp3) is 0.519. The number of hydrogen-bond donors (Lipinski definition) is 1. The zero-order chi connectivity index (χ0) is 22.3. The number of aromatic hydroxyl groups is 1. The summed E-state index contributed by atoms with van der Waals surface area (Å²) in [5.41, 5.74) is 3.32. The smallest absolute Gasteiger partial charge is 0.246 e. The van der Waals surface area contributed by atoms with E-state index in [4.69, 9.17) is 9.15 Å². The first kappa shape index (κ1) is 19.7. The van der Waals surface area contributed by atoms with Crippen molar-refractivity contribution in [2.24, 2.45) is 11.8 Å². The highest BCUT2D eigenvalue weighted by Crippen LogP contribution is 2.64. The van der Waals surface area contributed by atoms with Crippen molar-refractivity contribution in [1.29, 1.82) is 0 Å². The third-order valence-electron chi connectivity index (χ3n) is 9.05. The molecule has 2 bridgehead atoms. The van der Waals surface area contributed by atoms with E-state index in [1.54, 1.807) is 30.7 Å². The minimum Gasteiger partial charge on any atom is -0.504 e. The number of amides is 1. The molecule has 1 spiro atoms. The Morgan fingerprint density at radius 1 is 1.27 bits per heavy atom. The molecule has 1 saturated heterocycles. The molecule has 1 unspecified atom stereocenters. The van der Waals surface area contributed by atoms with Crippen molar-refractivity contribution in [3.05, 3.63) is 53.5 Å². The molecule has 6 heteroatoms. The first-order valence-electron chi connectivity index (χ1n) is 12.3. The summed E-state index contributed by atoms with van der Waals surface area (Å²) in [7, 11) is 1.90. The van der Waals surface area contributed by atoms with Crippen LogP contribution in [0, 0.1) is 11.8 Å². The van der Waals surface area contributed by atoms with Crippen molar-refractivity contribution in [3.8, 4) is 11.5 Å². The van der Waals surface area contributed by atoms with Crippen molar-refractivity contribution in [3.63, 3.8) is 0 Å². The van der Waals surface area contributed by atoms with E-state index in [-0.39, 0.29) is 29.2 Å². The molecule has 2 aliphatic heterocycles. The zero-order valence-corrected chi connectivity index (χ0v) is 18.9. The zero-order valence-electron chi connectivity index (χ0n) is 18.9. The lowest BCUT2D eigenvalue weighted by Crippen LogP contribution is -2.61. The Bertz CT molecular complexity index is 1140. The SMILES string of the molecule is CN(C(=O)/C=C/c1ccoc1)[C@@H]1CCC2[C@H]3Cc4ccc(O)c5c4[C@@]2(CN3CC2CC2)[C@H]1O5. The second kappa shape index (κ2) is 6.89. The van der Waals surface area contributed by atoms with Gasteiger partial charge in [-0.15, -0.1) is 0 Å². The molecule has 1 aromatic heterocycles. The minimum absolute atomic E-state index is 0.0259. The monoisotopic (exact) mass is 446 g/mol. The van der Waals surface area contributed by atoms with Crippen LogP contribution in [0.2, 0.25) is 0 Å². The molecule has 3 fully saturated rings. The van der Waals surface area contributed by atoms with Crippen LogP contribution in [0.1, 0.15) is 42.4 Å². The number of likely N-dealkylation sites (N-methyl/N-ethyl adjacent to an activating group) is 1. The number of benzene rings is 1. The van der Waals surface area contributed by atoms with Gasteiger partial charge in [-0.1, -0.05) is 6.07 Å². The molecular formula is C27H30N2O4. The highest BCUT2D eigenvalue weighted by Gasteiger charge is 2.69. The number of phenolic OH excluding ortho intramolecular Hbond substituents is 1. The van der Waals surface area contributed by atoms with Crippen LogP contribution >= 0.6 is 0 Å². The summed E-state index contributed by atoms with van der Waals surface area (Å²) in [5, 5.41) is 10.7. The van der Waals surface area contributed by atoms with Gasteiger partial charge in [0.1, 0.15) is 6.10 Å². The lowest BCUT2D eigenvalue weighted by Gasteiger charge is -2.49. The fourth-order valence-corrected chi connectivity index (χ4v) is 7.44.